The summed E-state index contributed by atoms with van der Waals surface area (Å²) < 4.78 is 5.33. The maximum Gasteiger partial charge on any atom is 0.119 e. The fourth-order valence-electron chi connectivity index (χ4n) is 2.62. The highest BCUT2D eigenvalue weighted by molar-refractivity contribution is 7.10. The third-order valence-electron chi connectivity index (χ3n) is 3.81. The number of aryl methyl sites for hydroxylation is 2. The molecule has 0 radical (unpaired) electrons. The Labute approximate surface area is 132 Å². The summed E-state index contributed by atoms with van der Waals surface area (Å²) in [5.74, 6) is 0.924. The smallest absolute Gasteiger partial charge is 0.119 e. The van der Waals surface area contributed by atoms with Gasteiger partial charge in [-0.15, -0.1) is 11.3 Å². The molecule has 0 amide bonds. The molecular formula is C18H25NOS. The van der Waals surface area contributed by atoms with E-state index < -0.39 is 0 Å². The number of hydrogen-bond acceptors (Lipinski definition) is 3. The molecule has 1 unspecified atom stereocenters. The molecule has 0 saturated carbocycles. The molecule has 21 heavy (non-hydrogen) atoms. The SMILES string of the molecule is CCCNC(c1ccc(OC)cc1C)c1sccc1CC. The average molecular weight is 303 g/mol. The molecule has 0 aliphatic rings. The van der Waals surface area contributed by atoms with Gasteiger partial charge < -0.3 is 10.1 Å². The van der Waals surface area contributed by atoms with Crippen LogP contribution in [-0.2, 0) is 6.42 Å². The lowest BCUT2D eigenvalue weighted by Gasteiger charge is -2.22. The van der Waals surface area contributed by atoms with E-state index in [9.17, 15) is 0 Å². The minimum Gasteiger partial charge on any atom is -0.497 e. The first-order valence-electron chi connectivity index (χ1n) is 7.65. The molecule has 1 N–H and O–H groups in total. The molecule has 1 aromatic carbocycles. The van der Waals surface area contributed by atoms with Crippen molar-refractivity contribution in [2.45, 2.75) is 39.7 Å². The van der Waals surface area contributed by atoms with E-state index in [2.05, 4.69) is 55.7 Å². The van der Waals surface area contributed by atoms with Crippen molar-refractivity contribution in [1.29, 1.82) is 0 Å². The standard InChI is InChI=1S/C18H25NOS/c1-5-10-19-17(18-14(6-2)9-11-21-18)16-8-7-15(20-4)12-13(16)3/h7-9,11-12,17,19H,5-6,10H2,1-4H3. The Morgan fingerprint density at radius 2 is 2.05 bits per heavy atom. The van der Waals surface area contributed by atoms with Crippen LogP contribution in [-0.4, -0.2) is 13.7 Å². The second-order valence-electron chi connectivity index (χ2n) is 5.27. The maximum absolute atomic E-state index is 5.33. The molecule has 0 spiro atoms. The van der Waals surface area contributed by atoms with E-state index in [-0.39, 0.29) is 6.04 Å². The van der Waals surface area contributed by atoms with Gasteiger partial charge in [0.15, 0.2) is 0 Å². The number of ether oxygens (including phenoxy) is 1. The van der Waals surface area contributed by atoms with Crippen LogP contribution in [0, 0.1) is 6.92 Å². The monoisotopic (exact) mass is 303 g/mol. The van der Waals surface area contributed by atoms with Gasteiger partial charge in [0.1, 0.15) is 5.75 Å². The van der Waals surface area contributed by atoms with Gasteiger partial charge in [-0.2, -0.15) is 0 Å². The van der Waals surface area contributed by atoms with E-state index in [0.29, 0.717) is 0 Å². The lowest BCUT2D eigenvalue weighted by molar-refractivity contribution is 0.414. The fourth-order valence-corrected chi connectivity index (χ4v) is 3.71. The number of methoxy groups -OCH3 is 1. The highest BCUT2D eigenvalue weighted by Gasteiger charge is 2.19. The predicted molar refractivity (Wildman–Crippen MR) is 91.6 cm³/mol. The topological polar surface area (TPSA) is 21.3 Å². The van der Waals surface area contributed by atoms with Gasteiger partial charge in [0.2, 0.25) is 0 Å². The third kappa shape index (κ3) is 3.66. The van der Waals surface area contributed by atoms with Crippen LogP contribution in [0.15, 0.2) is 29.6 Å². The Hall–Kier alpha value is -1.32. The van der Waals surface area contributed by atoms with E-state index in [0.717, 1.165) is 25.1 Å². The first-order valence-corrected chi connectivity index (χ1v) is 8.53. The summed E-state index contributed by atoms with van der Waals surface area (Å²) in [5, 5.41) is 5.91. The normalized spacial score (nSPS) is 12.4. The van der Waals surface area contributed by atoms with Gasteiger partial charge in [0.05, 0.1) is 13.2 Å². The van der Waals surface area contributed by atoms with Crippen LogP contribution < -0.4 is 10.1 Å². The van der Waals surface area contributed by atoms with Gasteiger partial charge in [0.25, 0.3) is 0 Å². The number of rotatable bonds is 7. The van der Waals surface area contributed by atoms with Crippen molar-refractivity contribution in [2.75, 3.05) is 13.7 Å². The summed E-state index contributed by atoms with van der Waals surface area (Å²) in [5.41, 5.74) is 4.07. The van der Waals surface area contributed by atoms with Gasteiger partial charge in [-0.05, 0) is 66.6 Å². The van der Waals surface area contributed by atoms with Gasteiger partial charge >= 0.3 is 0 Å². The summed E-state index contributed by atoms with van der Waals surface area (Å²) in [6, 6.07) is 8.91. The Morgan fingerprint density at radius 1 is 1.24 bits per heavy atom. The number of hydrogen-bond donors (Lipinski definition) is 1. The molecule has 1 heterocycles. The molecule has 2 nitrogen and oxygen atoms in total. The van der Waals surface area contributed by atoms with Crippen LogP contribution in [0.3, 0.4) is 0 Å². The molecule has 114 valence electrons. The third-order valence-corrected chi connectivity index (χ3v) is 4.83. The van der Waals surface area contributed by atoms with E-state index in [1.165, 1.54) is 21.6 Å². The van der Waals surface area contributed by atoms with Crippen LogP contribution in [0.5, 0.6) is 5.75 Å². The first-order chi connectivity index (χ1) is 10.2. The van der Waals surface area contributed by atoms with Crippen LogP contribution in [0.25, 0.3) is 0 Å². The summed E-state index contributed by atoms with van der Waals surface area (Å²) in [4.78, 5) is 1.44. The maximum atomic E-state index is 5.33. The van der Waals surface area contributed by atoms with Crippen molar-refractivity contribution >= 4 is 11.3 Å². The minimum absolute atomic E-state index is 0.283. The first kappa shape index (κ1) is 16.1. The highest BCUT2D eigenvalue weighted by Crippen LogP contribution is 2.33. The molecule has 0 aliphatic carbocycles. The van der Waals surface area contributed by atoms with Crippen molar-refractivity contribution < 1.29 is 4.74 Å². The Bertz CT molecular complexity index is 576. The lowest BCUT2D eigenvalue weighted by Crippen LogP contribution is -2.24. The molecule has 0 bridgehead atoms. The van der Waals surface area contributed by atoms with Gasteiger partial charge in [-0.1, -0.05) is 19.9 Å². The summed E-state index contributed by atoms with van der Waals surface area (Å²) in [6.07, 6.45) is 2.22. The number of benzene rings is 1. The van der Waals surface area contributed by atoms with Crippen molar-refractivity contribution in [3.05, 3.63) is 51.2 Å². The Balaban J connectivity index is 2.40. The van der Waals surface area contributed by atoms with Crippen molar-refractivity contribution in [3.8, 4) is 5.75 Å². The molecular weight excluding hydrogens is 278 g/mol. The van der Waals surface area contributed by atoms with Gasteiger partial charge in [-0.25, -0.2) is 0 Å². The highest BCUT2D eigenvalue weighted by atomic mass is 32.1. The minimum atomic E-state index is 0.283. The van der Waals surface area contributed by atoms with E-state index in [1.54, 1.807) is 7.11 Å². The average Bonchev–Trinajstić information content (AvgIpc) is 2.97. The molecule has 3 heteroatoms. The molecule has 2 aromatic rings. The van der Waals surface area contributed by atoms with Crippen LogP contribution in [0.1, 0.15) is 47.9 Å². The molecule has 1 aromatic heterocycles. The zero-order chi connectivity index (χ0) is 15.2. The van der Waals surface area contributed by atoms with E-state index in [4.69, 9.17) is 4.74 Å². The summed E-state index contributed by atoms with van der Waals surface area (Å²) in [6.45, 7) is 7.62. The second kappa shape index (κ2) is 7.62. The van der Waals surface area contributed by atoms with Crippen molar-refractivity contribution in [2.24, 2.45) is 0 Å². The largest absolute Gasteiger partial charge is 0.497 e. The second-order valence-corrected chi connectivity index (χ2v) is 6.22. The molecule has 0 fully saturated rings. The lowest BCUT2D eigenvalue weighted by atomic mass is 9.97. The van der Waals surface area contributed by atoms with Crippen molar-refractivity contribution in [1.82, 2.24) is 5.32 Å². The van der Waals surface area contributed by atoms with Crippen LogP contribution in [0.4, 0.5) is 0 Å². The number of thiophene rings is 1. The van der Waals surface area contributed by atoms with Gasteiger partial charge in [-0.3, -0.25) is 0 Å². The molecule has 0 aliphatic heterocycles. The molecule has 2 rings (SSSR count). The predicted octanol–water partition coefficient (Wildman–Crippen LogP) is 4.72. The van der Waals surface area contributed by atoms with Crippen molar-refractivity contribution in [3.63, 3.8) is 0 Å². The van der Waals surface area contributed by atoms with E-state index in [1.807, 2.05) is 11.3 Å². The summed E-state index contributed by atoms with van der Waals surface area (Å²) in [7, 11) is 1.72. The zero-order valence-electron chi connectivity index (χ0n) is 13.4. The molecule has 0 saturated heterocycles. The fraction of sp³-hybridized carbons (Fsp3) is 0.444. The Kier molecular flexibility index (Phi) is 5.83. The number of nitrogens with one attached hydrogen (secondary N) is 1. The zero-order valence-corrected chi connectivity index (χ0v) is 14.2. The van der Waals surface area contributed by atoms with E-state index >= 15 is 0 Å². The summed E-state index contributed by atoms with van der Waals surface area (Å²) >= 11 is 1.85. The quantitative estimate of drug-likeness (QED) is 0.799. The Morgan fingerprint density at radius 3 is 2.67 bits per heavy atom. The van der Waals surface area contributed by atoms with Crippen LogP contribution in [0.2, 0.25) is 0 Å². The molecule has 1 atom stereocenters. The van der Waals surface area contributed by atoms with Gasteiger partial charge in [0, 0.05) is 4.88 Å². The van der Waals surface area contributed by atoms with Crippen LogP contribution >= 0.6 is 11.3 Å².